The fraction of sp³-hybridized carbons (Fsp3) is 0.818. The molecule has 0 aliphatic heterocycles. The van der Waals surface area contributed by atoms with Crippen LogP contribution in [0.2, 0.25) is 0 Å². The summed E-state index contributed by atoms with van der Waals surface area (Å²) in [5, 5.41) is 0. The van der Waals surface area contributed by atoms with Gasteiger partial charge in [-0.1, -0.05) is 90.0 Å². The molecule has 0 aromatic carbocycles. The number of hydrogen-bond acceptors (Lipinski definition) is 0. The molecule has 0 amide bonds. The largest absolute Gasteiger partial charge is 0.0999 e. The first kappa shape index (κ1) is 19.5. The Balaban J connectivity index is 2.56. The zero-order valence-corrected chi connectivity index (χ0v) is 15.7. The molecule has 0 saturated carbocycles. The second kappa shape index (κ2) is 11.1. The van der Waals surface area contributed by atoms with Crippen LogP contribution in [-0.2, 0) is 0 Å². The Kier molecular flexibility index (Phi) is 9.84. The van der Waals surface area contributed by atoms with E-state index in [-0.39, 0.29) is 0 Å². The molecule has 0 nitrogen and oxygen atoms in total. The fourth-order valence-electron chi connectivity index (χ4n) is 4.25. The minimum absolute atomic E-state index is 0.682. The van der Waals surface area contributed by atoms with Crippen molar-refractivity contribution in [1.82, 2.24) is 0 Å². The summed E-state index contributed by atoms with van der Waals surface area (Å²) < 4.78 is 0. The lowest BCUT2D eigenvalue weighted by Crippen LogP contribution is -2.29. The van der Waals surface area contributed by atoms with Crippen molar-refractivity contribution in [2.45, 2.75) is 91.9 Å². The predicted octanol–water partition coefficient (Wildman–Crippen LogP) is 7.56. The van der Waals surface area contributed by atoms with Gasteiger partial charge < -0.3 is 0 Å². The summed E-state index contributed by atoms with van der Waals surface area (Å²) in [5.41, 5.74) is 1.39. The molecule has 1 aliphatic rings. The van der Waals surface area contributed by atoms with Gasteiger partial charge in [-0.3, -0.25) is 0 Å². The first-order chi connectivity index (χ1) is 10.6. The zero-order chi connectivity index (χ0) is 16.4. The fourth-order valence-corrected chi connectivity index (χ4v) is 4.25. The Morgan fingerprint density at radius 2 is 1.68 bits per heavy atom. The molecule has 1 rings (SSSR count). The quantitative estimate of drug-likeness (QED) is 0.273. The third kappa shape index (κ3) is 6.31. The van der Waals surface area contributed by atoms with E-state index in [4.69, 9.17) is 0 Å². The van der Waals surface area contributed by atoms with Crippen LogP contribution in [0.15, 0.2) is 24.3 Å². The van der Waals surface area contributed by atoms with Gasteiger partial charge in [-0.2, -0.15) is 0 Å². The molecule has 0 fully saturated rings. The van der Waals surface area contributed by atoms with Crippen molar-refractivity contribution in [1.29, 1.82) is 0 Å². The molecule has 0 heteroatoms. The third-order valence-corrected chi connectivity index (χ3v) is 6.00. The van der Waals surface area contributed by atoms with Gasteiger partial charge in [0.2, 0.25) is 0 Å². The van der Waals surface area contributed by atoms with Gasteiger partial charge in [0.15, 0.2) is 0 Å². The number of hydrogen-bond donors (Lipinski definition) is 0. The SMILES string of the molecule is C=C(C)[C@@H](C)C(CCCCCCCC)[C@H]1CC=CCC1CC. The van der Waals surface area contributed by atoms with Crippen LogP contribution in [0.1, 0.15) is 91.9 Å². The molecule has 0 aromatic heterocycles. The lowest BCUT2D eigenvalue weighted by Gasteiger charge is -2.38. The molecule has 2 unspecified atom stereocenters. The van der Waals surface area contributed by atoms with Crippen LogP contribution in [0.5, 0.6) is 0 Å². The Morgan fingerprint density at radius 1 is 1.05 bits per heavy atom. The summed E-state index contributed by atoms with van der Waals surface area (Å²) in [6.07, 6.45) is 18.7. The highest BCUT2D eigenvalue weighted by Crippen LogP contribution is 2.41. The number of rotatable bonds is 11. The molecule has 0 aromatic rings. The summed E-state index contributed by atoms with van der Waals surface area (Å²) >= 11 is 0. The van der Waals surface area contributed by atoms with E-state index < -0.39 is 0 Å². The van der Waals surface area contributed by atoms with Gasteiger partial charge in [0, 0.05) is 0 Å². The lowest BCUT2D eigenvalue weighted by molar-refractivity contribution is 0.161. The van der Waals surface area contributed by atoms with Crippen LogP contribution in [-0.4, -0.2) is 0 Å². The lowest BCUT2D eigenvalue weighted by atomic mass is 9.67. The molecule has 0 heterocycles. The summed E-state index contributed by atoms with van der Waals surface area (Å²) in [7, 11) is 0. The topological polar surface area (TPSA) is 0 Å². The predicted molar refractivity (Wildman–Crippen MR) is 101 cm³/mol. The van der Waals surface area contributed by atoms with Crippen molar-refractivity contribution in [3.8, 4) is 0 Å². The van der Waals surface area contributed by atoms with E-state index >= 15 is 0 Å². The van der Waals surface area contributed by atoms with Gasteiger partial charge in [0.05, 0.1) is 0 Å². The molecule has 0 N–H and O–H groups in total. The van der Waals surface area contributed by atoms with Gasteiger partial charge in [-0.25, -0.2) is 0 Å². The summed E-state index contributed by atoms with van der Waals surface area (Å²) in [6.45, 7) is 13.6. The van der Waals surface area contributed by atoms with E-state index in [1.165, 1.54) is 69.8 Å². The Hall–Kier alpha value is -0.520. The standard InChI is InChI=1S/C22H40/c1-6-8-9-10-11-12-16-21(19(5)18(3)4)22-17-14-13-15-20(22)7-2/h13-14,19-22H,3,6-12,15-17H2,1-2,4-5H3/t19-,20?,21?,22+/m1/s1. The molecule has 0 bridgehead atoms. The highest BCUT2D eigenvalue weighted by Gasteiger charge is 2.32. The van der Waals surface area contributed by atoms with E-state index in [0.29, 0.717) is 5.92 Å². The molecule has 4 atom stereocenters. The summed E-state index contributed by atoms with van der Waals surface area (Å²) in [5.74, 6) is 3.31. The molecule has 0 spiro atoms. The third-order valence-electron chi connectivity index (χ3n) is 6.00. The van der Waals surface area contributed by atoms with Crippen LogP contribution in [0.3, 0.4) is 0 Å². The first-order valence-electron chi connectivity index (χ1n) is 9.92. The Bertz CT molecular complexity index is 325. The highest BCUT2D eigenvalue weighted by atomic mass is 14.4. The normalized spacial score (nSPS) is 24.2. The average molecular weight is 305 g/mol. The van der Waals surface area contributed by atoms with Crippen LogP contribution in [0.25, 0.3) is 0 Å². The van der Waals surface area contributed by atoms with E-state index in [9.17, 15) is 0 Å². The van der Waals surface area contributed by atoms with Gasteiger partial charge in [-0.05, 0) is 49.9 Å². The summed E-state index contributed by atoms with van der Waals surface area (Å²) in [6, 6.07) is 0. The minimum Gasteiger partial charge on any atom is -0.0999 e. The molecule has 0 radical (unpaired) electrons. The molecular formula is C22H40. The maximum atomic E-state index is 4.27. The molecular weight excluding hydrogens is 264 g/mol. The molecule has 22 heavy (non-hydrogen) atoms. The van der Waals surface area contributed by atoms with Crippen molar-refractivity contribution in [2.75, 3.05) is 0 Å². The smallest absolute Gasteiger partial charge is 0.0206 e. The number of allylic oxidation sites excluding steroid dienone is 3. The molecule has 128 valence electrons. The molecule has 1 aliphatic carbocycles. The monoisotopic (exact) mass is 304 g/mol. The van der Waals surface area contributed by atoms with Gasteiger partial charge >= 0.3 is 0 Å². The van der Waals surface area contributed by atoms with E-state index in [1.54, 1.807) is 0 Å². The van der Waals surface area contributed by atoms with Crippen molar-refractivity contribution < 1.29 is 0 Å². The Morgan fingerprint density at radius 3 is 2.32 bits per heavy atom. The van der Waals surface area contributed by atoms with Gasteiger partial charge in [0.25, 0.3) is 0 Å². The van der Waals surface area contributed by atoms with E-state index in [0.717, 1.165) is 17.8 Å². The highest BCUT2D eigenvalue weighted by molar-refractivity contribution is 5.03. The van der Waals surface area contributed by atoms with Crippen LogP contribution < -0.4 is 0 Å². The first-order valence-corrected chi connectivity index (χ1v) is 9.92. The van der Waals surface area contributed by atoms with Crippen molar-refractivity contribution in [2.24, 2.45) is 23.7 Å². The minimum atomic E-state index is 0.682. The second-order valence-corrected chi connectivity index (χ2v) is 7.63. The van der Waals surface area contributed by atoms with Crippen molar-refractivity contribution in [3.05, 3.63) is 24.3 Å². The van der Waals surface area contributed by atoms with Crippen molar-refractivity contribution in [3.63, 3.8) is 0 Å². The van der Waals surface area contributed by atoms with E-state index in [1.807, 2.05) is 0 Å². The van der Waals surface area contributed by atoms with Crippen LogP contribution in [0.4, 0.5) is 0 Å². The zero-order valence-electron chi connectivity index (χ0n) is 15.7. The maximum absolute atomic E-state index is 4.27. The average Bonchev–Trinajstić information content (AvgIpc) is 2.53. The van der Waals surface area contributed by atoms with Crippen molar-refractivity contribution >= 4 is 0 Å². The Labute approximate surface area is 140 Å². The number of unbranched alkanes of at least 4 members (excludes halogenated alkanes) is 5. The second-order valence-electron chi connectivity index (χ2n) is 7.63. The summed E-state index contributed by atoms with van der Waals surface area (Å²) in [4.78, 5) is 0. The van der Waals surface area contributed by atoms with Gasteiger partial charge in [-0.15, -0.1) is 0 Å². The van der Waals surface area contributed by atoms with Crippen LogP contribution >= 0.6 is 0 Å². The maximum Gasteiger partial charge on any atom is -0.0206 e. The van der Waals surface area contributed by atoms with E-state index in [2.05, 4.69) is 46.4 Å². The van der Waals surface area contributed by atoms with Gasteiger partial charge in [0.1, 0.15) is 0 Å². The molecule has 0 saturated heterocycles. The van der Waals surface area contributed by atoms with Crippen LogP contribution in [0, 0.1) is 23.7 Å².